The summed E-state index contributed by atoms with van der Waals surface area (Å²) in [7, 11) is 1.64. The minimum Gasteiger partial charge on any atom is -0.497 e. The third-order valence-electron chi connectivity index (χ3n) is 4.57. The smallest absolute Gasteiger partial charge is 0.167 e. The van der Waals surface area contributed by atoms with E-state index in [-0.39, 0.29) is 11.7 Å². The fourth-order valence-corrected chi connectivity index (χ4v) is 3.42. The van der Waals surface area contributed by atoms with Crippen LogP contribution in [0.1, 0.15) is 39.8 Å². The van der Waals surface area contributed by atoms with E-state index in [1.165, 1.54) is 0 Å². The van der Waals surface area contributed by atoms with Gasteiger partial charge in [-0.15, -0.1) is 0 Å². The molecular formula is C19H18N2O3. The molecule has 5 heteroatoms. The van der Waals surface area contributed by atoms with Crippen LogP contribution in [0.15, 0.2) is 47.1 Å². The van der Waals surface area contributed by atoms with Gasteiger partial charge in [-0.25, -0.2) is 4.68 Å². The first kappa shape index (κ1) is 14.8. The van der Waals surface area contributed by atoms with Crippen LogP contribution in [-0.4, -0.2) is 22.7 Å². The maximum atomic E-state index is 12.6. The lowest BCUT2D eigenvalue weighted by atomic mass is 9.84. The van der Waals surface area contributed by atoms with Gasteiger partial charge in [0.1, 0.15) is 11.5 Å². The molecule has 0 amide bonds. The van der Waals surface area contributed by atoms with Crippen molar-refractivity contribution in [3.05, 3.63) is 65.4 Å². The molecule has 122 valence electrons. The molecule has 0 N–H and O–H groups in total. The Morgan fingerprint density at radius 3 is 2.67 bits per heavy atom. The first-order valence-corrected chi connectivity index (χ1v) is 7.97. The quantitative estimate of drug-likeness (QED) is 0.738. The molecule has 0 bridgehead atoms. The van der Waals surface area contributed by atoms with Crippen molar-refractivity contribution in [2.45, 2.75) is 25.7 Å². The number of Topliss-reactive ketones (excluding diaryl/α,β-unsaturated/α-hetero) is 1. The van der Waals surface area contributed by atoms with Gasteiger partial charge in [-0.2, -0.15) is 5.10 Å². The maximum Gasteiger partial charge on any atom is 0.167 e. The lowest BCUT2D eigenvalue weighted by Gasteiger charge is -2.21. The summed E-state index contributed by atoms with van der Waals surface area (Å²) in [6.45, 7) is 1.89. The predicted octanol–water partition coefficient (Wildman–Crippen LogP) is 3.70. The van der Waals surface area contributed by atoms with Crippen molar-refractivity contribution < 1.29 is 13.9 Å². The van der Waals surface area contributed by atoms with Gasteiger partial charge in [-0.05, 0) is 43.3 Å². The van der Waals surface area contributed by atoms with Gasteiger partial charge in [0.25, 0.3) is 0 Å². The minimum atomic E-state index is 0.0631. The fourth-order valence-electron chi connectivity index (χ4n) is 3.42. The average Bonchev–Trinajstić information content (AvgIpc) is 3.23. The van der Waals surface area contributed by atoms with E-state index in [1.54, 1.807) is 13.4 Å². The Labute approximate surface area is 139 Å². The van der Waals surface area contributed by atoms with Crippen molar-refractivity contribution in [1.82, 2.24) is 9.78 Å². The van der Waals surface area contributed by atoms with Crippen LogP contribution in [0.4, 0.5) is 0 Å². The highest BCUT2D eigenvalue weighted by Gasteiger charge is 2.33. The summed E-state index contributed by atoms with van der Waals surface area (Å²) in [5.41, 5.74) is 3.42. The first-order valence-electron chi connectivity index (χ1n) is 7.97. The van der Waals surface area contributed by atoms with E-state index in [2.05, 4.69) is 5.10 Å². The van der Waals surface area contributed by atoms with Crippen molar-refractivity contribution in [2.75, 3.05) is 7.11 Å². The molecule has 0 saturated heterocycles. The highest BCUT2D eigenvalue weighted by atomic mass is 16.5. The monoisotopic (exact) mass is 322 g/mol. The highest BCUT2D eigenvalue weighted by Crippen LogP contribution is 2.35. The van der Waals surface area contributed by atoms with Gasteiger partial charge in [0.05, 0.1) is 36.0 Å². The van der Waals surface area contributed by atoms with Crippen molar-refractivity contribution >= 4 is 5.78 Å². The van der Waals surface area contributed by atoms with E-state index in [0.29, 0.717) is 6.42 Å². The van der Waals surface area contributed by atoms with Gasteiger partial charge in [-0.3, -0.25) is 4.79 Å². The zero-order valence-corrected chi connectivity index (χ0v) is 13.7. The second-order valence-electron chi connectivity index (χ2n) is 6.06. The topological polar surface area (TPSA) is 57.3 Å². The number of rotatable bonds is 3. The molecule has 24 heavy (non-hydrogen) atoms. The van der Waals surface area contributed by atoms with E-state index in [4.69, 9.17) is 9.15 Å². The Balaban J connectivity index is 1.78. The predicted molar refractivity (Wildman–Crippen MR) is 89.0 cm³/mol. The van der Waals surface area contributed by atoms with Crippen molar-refractivity contribution in [3.8, 4) is 11.4 Å². The van der Waals surface area contributed by atoms with Crippen LogP contribution in [0, 0.1) is 6.92 Å². The Morgan fingerprint density at radius 1 is 1.21 bits per heavy atom. The van der Waals surface area contributed by atoms with Crippen LogP contribution in [0.5, 0.6) is 5.75 Å². The molecule has 3 aromatic rings. The summed E-state index contributed by atoms with van der Waals surface area (Å²) in [6.07, 6.45) is 2.86. The number of aryl methyl sites for hydroxylation is 1. The lowest BCUT2D eigenvalue weighted by molar-refractivity contribution is 0.0959. The van der Waals surface area contributed by atoms with Crippen LogP contribution in [0.3, 0.4) is 0 Å². The summed E-state index contributed by atoms with van der Waals surface area (Å²) in [5.74, 6) is 1.85. The molecule has 1 atom stereocenters. The fraction of sp³-hybridized carbons (Fsp3) is 0.263. The second-order valence-corrected chi connectivity index (χ2v) is 6.06. The standard InChI is InChI=1S/C19H18N2O3/c1-12-19-16(10-13(11-17(19)22)18-4-3-9-24-18)21(20-12)14-5-7-15(23-2)8-6-14/h3-9,13H,10-11H2,1-2H3/t13-/m0/s1. The largest absolute Gasteiger partial charge is 0.497 e. The molecular weight excluding hydrogens is 304 g/mol. The third-order valence-corrected chi connectivity index (χ3v) is 4.57. The van der Waals surface area contributed by atoms with Crippen LogP contribution < -0.4 is 4.74 Å². The molecule has 0 radical (unpaired) electrons. The van der Waals surface area contributed by atoms with E-state index >= 15 is 0 Å². The van der Waals surface area contributed by atoms with Gasteiger partial charge in [-0.1, -0.05) is 0 Å². The lowest BCUT2D eigenvalue weighted by Crippen LogP contribution is -2.20. The minimum absolute atomic E-state index is 0.0631. The van der Waals surface area contributed by atoms with Gasteiger partial charge >= 0.3 is 0 Å². The summed E-state index contributed by atoms with van der Waals surface area (Å²) >= 11 is 0. The molecule has 1 aromatic carbocycles. The van der Waals surface area contributed by atoms with E-state index in [1.807, 2.05) is 48.0 Å². The molecule has 4 rings (SSSR count). The number of hydrogen-bond acceptors (Lipinski definition) is 4. The average molecular weight is 322 g/mol. The molecule has 1 aliphatic rings. The molecule has 0 saturated carbocycles. The van der Waals surface area contributed by atoms with Crippen LogP contribution in [-0.2, 0) is 6.42 Å². The summed E-state index contributed by atoms with van der Waals surface area (Å²) < 4.78 is 12.6. The number of furan rings is 1. The van der Waals surface area contributed by atoms with Gasteiger partial charge < -0.3 is 9.15 Å². The Hall–Kier alpha value is -2.82. The molecule has 0 aliphatic heterocycles. The first-order chi connectivity index (χ1) is 11.7. The SMILES string of the molecule is COc1ccc(-n2nc(C)c3c2C[C@H](c2ccco2)CC3=O)cc1. The number of benzene rings is 1. The van der Waals surface area contributed by atoms with Crippen molar-refractivity contribution in [1.29, 1.82) is 0 Å². The van der Waals surface area contributed by atoms with E-state index in [0.717, 1.165) is 40.6 Å². The van der Waals surface area contributed by atoms with Crippen LogP contribution in [0.2, 0.25) is 0 Å². The Bertz CT molecular complexity index is 876. The number of carbonyl (C=O) groups excluding carboxylic acids is 1. The molecule has 5 nitrogen and oxygen atoms in total. The van der Waals surface area contributed by atoms with Crippen LogP contribution >= 0.6 is 0 Å². The molecule has 2 heterocycles. The summed E-state index contributed by atoms with van der Waals surface area (Å²) in [6, 6.07) is 11.5. The summed E-state index contributed by atoms with van der Waals surface area (Å²) in [4.78, 5) is 12.6. The van der Waals surface area contributed by atoms with E-state index < -0.39 is 0 Å². The normalized spacial score (nSPS) is 16.9. The van der Waals surface area contributed by atoms with Gasteiger partial charge in [0.2, 0.25) is 0 Å². The van der Waals surface area contributed by atoms with Gasteiger partial charge in [0.15, 0.2) is 5.78 Å². The number of aromatic nitrogens is 2. The highest BCUT2D eigenvalue weighted by molar-refractivity contribution is 6.00. The van der Waals surface area contributed by atoms with Gasteiger partial charge in [0, 0.05) is 18.8 Å². The third kappa shape index (κ3) is 2.33. The molecule has 1 aliphatic carbocycles. The number of ketones is 1. The van der Waals surface area contributed by atoms with E-state index in [9.17, 15) is 4.79 Å². The molecule has 0 spiro atoms. The number of carbonyl (C=O) groups is 1. The zero-order chi connectivity index (χ0) is 16.7. The second kappa shape index (κ2) is 5.67. The number of methoxy groups -OCH3 is 1. The Kier molecular flexibility index (Phi) is 3.49. The molecule has 0 unspecified atom stereocenters. The number of ether oxygens (including phenoxy) is 1. The maximum absolute atomic E-state index is 12.6. The molecule has 0 fully saturated rings. The van der Waals surface area contributed by atoms with Crippen molar-refractivity contribution in [3.63, 3.8) is 0 Å². The number of hydrogen-bond donors (Lipinski definition) is 0. The summed E-state index contributed by atoms with van der Waals surface area (Å²) in [5, 5.41) is 4.61. The Morgan fingerprint density at radius 2 is 2.00 bits per heavy atom. The van der Waals surface area contributed by atoms with Crippen molar-refractivity contribution in [2.24, 2.45) is 0 Å². The number of nitrogens with zero attached hydrogens (tertiary/aromatic N) is 2. The van der Waals surface area contributed by atoms with Crippen LogP contribution in [0.25, 0.3) is 5.69 Å². The number of fused-ring (bicyclic) bond motifs is 1. The zero-order valence-electron chi connectivity index (χ0n) is 13.7. The molecule has 2 aromatic heterocycles.